The Morgan fingerprint density at radius 3 is 3.05 bits per heavy atom. The number of hydrogen-bond acceptors (Lipinski definition) is 5. The van der Waals surface area contributed by atoms with Gasteiger partial charge in [0, 0.05) is 12.8 Å². The summed E-state index contributed by atoms with van der Waals surface area (Å²) in [5.74, 6) is 0. The highest BCUT2D eigenvalue weighted by atomic mass is 35.5. The van der Waals surface area contributed by atoms with Gasteiger partial charge in [-0.15, -0.1) is 0 Å². The van der Waals surface area contributed by atoms with Gasteiger partial charge in [0.25, 0.3) is 5.69 Å². The van der Waals surface area contributed by atoms with Gasteiger partial charge < -0.3 is 4.74 Å². The Bertz CT molecular complexity index is 667. The number of hydrogen-bond donors (Lipinski definition) is 0. The van der Waals surface area contributed by atoms with Crippen molar-refractivity contribution in [3.63, 3.8) is 0 Å². The van der Waals surface area contributed by atoms with E-state index in [1.54, 1.807) is 16.9 Å². The van der Waals surface area contributed by atoms with Crippen LogP contribution < -0.4 is 0 Å². The molecule has 1 aliphatic rings. The van der Waals surface area contributed by atoms with Gasteiger partial charge in [0.1, 0.15) is 11.3 Å². The summed E-state index contributed by atoms with van der Waals surface area (Å²) in [5, 5.41) is 15.6. The van der Waals surface area contributed by atoms with Crippen molar-refractivity contribution in [3.8, 4) is 11.3 Å². The number of pyridine rings is 1. The molecule has 2 aromatic rings. The zero-order valence-corrected chi connectivity index (χ0v) is 11.9. The molecule has 1 aliphatic heterocycles. The molecule has 3 rings (SSSR count). The van der Waals surface area contributed by atoms with E-state index >= 15 is 0 Å². The molecule has 3 heterocycles. The van der Waals surface area contributed by atoms with E-state index in [2.05, 4.69) is 10.1 Å². The third kappa shape index (κ3) is 2.74. The lowest BCUT2D eigenvalue weighted by molar-refractivity contribution is -0.384. The highest BCUT2D eigenvalue weighted by molar-refractivity contribution is 6.29. The predicted molar refractivity (Wildman–Crippen MR) is 76.0 cm³/mol. The van der Waals surface area contributed by atoms with Crippen LogP contribution in [0.5, 0.6) is 0 Å². The Kier molecular flexibility index (Phi) is 3.85. The first-order valence-corrected chi connectivity index (χ1v) is 7.00. The summed E-state index contributed by atoms with van der Waals surface area (Å²) in [7, 11) is 0. The third-order valence-electron chi connectivity index (χ3n) is 3.42. The molecule has 0 saturated carbocycles. The van der Waals surface area contributed by atoms with Gasteiger partial charge in [0.2, 0.25) is 0 Å². The monoisotopic (exact) mass is 308 g/mol. The maximum Gasteiger partial charge on any atom is 0.296 e. The van der Waals surface area contributed by atoms with Gasteiger partial charge in [0.05, 0.1) is 16.2 Å². The molecule has 0 aliphatic carbocycles. The Balaban J connectivity index is 2.07. The Labute approximate surface area is 125 Å². The third-order valence-corrected chi connectivity index (χ3v) is 3.63. The Morgan fingerprint density at radius 2 is 2.33 bits per heavy atom. The first kappa shape index (κ1) is 14.0. The van der Waals surface area contributed by atoms with Gasteiger partial charge >= 0.3 is 0 Å². The van der Waals surface area contributed by atoms with Crippen molar-refractivity contribution in [2.45, 2.75) is 25.5 Å². The first-order valence-electron chi connectivity index (χ1n) is 6.62. The smallest absolute Gasteiger partial charge is 0.296 e. The molecule has 21 heavy (non-hydrogen) atoms. The summed E-state index contributed by atoms with van der Waals surface area (Å²) in [6.07, 6.45) is 5.47. The van der Waals surface area contributed by atoms with Gasteiger partial charge in [-0.3, -0.25) is 10.1 Å². The number of ether oxygens (including phenoxy) is 1. The van der Waals surface area contributed by atoms with E-state index in [9.17, 15) is 10.1 Å². The molecule has 0 N–H and O–H groups in total. The van der Waals surface area contributed by atoms with Crippen molar-refractivity contribution in [2.24, 2.45) is 0 Å². The molecular formula is C13H13ClN4O3. The van der Waals surface area contributed by atoms with Crippen molar-refractivity contribution in [1.29, 1.82) is 0 Å². The maximum atomic E-state index is 11.2. The predicted octanol–water partition coefficient (Wildman–Crippen LogP) is 3.21. The van der Waals surface area contributed by atoms with Crippen LogP contribution in [0.1, 0.15) is 25.5 Å². The summed E-state index contributed by atoms with van der Waals surface area (Å²) in [5.41, 5.74) is 0.904. The SMILES string of the molecule is O=[N+]([O-])c1cnc(Cl)cc1-c1ccnn1C1CCCCO1. The Hall–Kier alpha value is -1.99. The van der Waals surface area contributed by atoms with Gasteiger partial charge in [-0.25, -0.2) is 9.67 Å². The molecule has 0 aromatic carbocycles. The van der Waals surface area contributed by atoms with Crippen LogP contribution in [0.2, 0.25) is 5.15 Å². The van der Waals surface area contributed by atoms with E-state index in [-0.39, 0.29) is 17.1 Å². The summed E-state index contributed by atoms with van der Waals surface area (Å²) in [6.45, 7) is 0.670. The quantitative estimate of drug-likeness (QED) is 0.494. The first-order chi connectivity index (χ1) is 10.2. The van der Waals surface area contributed by atoms with Crippen molar-refractivity contribution in [2.75, 3.05) is 6.61 Å². The minimum atomic E-state index is -0.474. The molecule has 110 valence electrons. The van der Waals surface area contributed by atoms with E-state index in [0.717, 1.165) is 25.5 Å². The standard InChI is InChI=1S/C13H13ClN4O3/c14-12-7-9(11(8-15-12)18(19)20)10-4-5-16-17(10)13-3-1-2-6-21-13/h4-5,7-8,13H,1-3,6H2. The van der Waals surface area contributed by atoms with E-state index in [4.69, 9.17) is 16.3 Å². The van der Waals surface area contributed by atoms with Crippen molar-refractivity contribution in [3.05, 3.63) is 39.8 Å². The molecule has 1 atom stereocenters. The zero-order valence-electron chi connectivity index (χ0n) is 11.1. The van der Waals surface area contributed by atoms with Crippen LogP contribution in [0.4, 0.5) is 5.69 Å². The van der Waals surface area contributed by atoms with Gasteiger partial charge in [0.15, 0.2) is 6.23 Å². The number of nitrogens with zero attached hydrogens (tertiary/aromatic N) is 4. The largest absolute Gasteiger partial charge is 0.356 e. The molecule has 7 nitrogen and oxygen atoms in total. The van der Waals surface area contributed by atoms with Crippen LogP contribution in [0, 0.1) is 10.1 Å². The lowest BCUT2D eigenvalue weighted by atomic mass is 10.1. The summed E-state index contributed by atoms with van der Waals surface area (Å²) in [4.78, 5) is 14.5. The summed E-state index contributed by atoms with van der Waals surface area (Å²) < 4.78 is 7.38. The molecule has 2 aromatic heterocycles. The van der Waals surface area contributed by atoms with Crippen LogP contribution in [-0.4, -0.2) is 26.3 Å². The van der Waals surface area contributed by atoms with E-state index < -0.39 is 4.92 Å². The minimum absolute atomic E-state index is 0.100. The summed E-state index contributed by atoms with van der Waals surface area (Å²) >= 11 is 5.88. The van der Waals surface area contributed by atoms with Gasteiger partial charge in [-0.05, 0) is 31.4 Å². The highest BCUT2D eigenvalue weighted by Gasteiger charge is 2.24. The molecule has 0 amide bonds. The van der Waals surface area contributed by atoms with Crippen LogP contribution in [0.3, 0.4) is 0 Å². The normalized spacial score (nSPS) is 18.6. The fraction of sp³-hybridized carbons (Fsp3) is 0.385. The molecule has 0 bridgehead atoms. The van der Waals surface area contributed by atoms with Crippen molar-refractivity contribution >= 4 is 17.3 Å². The van der Waals surface area contributed by atoms with Gasteiger partial charge in [-0.1, -0.05) is 11.6 Å². The van der Waals surface area contributed by atoms with E-state index in [0.29, 0.717) is 17.9 Å². The van der Waals surface area contributed by atoms with Gasteiger partial charge in [-0.2, -0.15) is 5.10 Å². The maximum absolute atomic E-state index is 11.2. The zero-order chi connectivity index (χ0) is 14.8. The molecule has 1 unspecified atom stereocenters. The van der Waals surface area contributed by atoms with Crippen LogP contribution in [0.15, 0.2) is 24.5 Å². The number of rotatable bonds is 3. The lowest BCUT2D eigenvalue weighted by Gasteiger charge is -2.24. The fourth-order valence-corrected chi connectivity index (χ4v) is 2.60. The number of halogens is 1. The molecule has 1 saturated heterocycles. The average molecular weight is 309 g/mol. The van der Waals surface area contributed by atoms with Crippen LogP contribution in [-0.2, 0) is 4.74 Å². The second kappa shape index (κ2) is 5.79. The molecule has 0 spiro atoms. The van der Waals surface area contributed by atoms with E-state index in [1.807, 2.05) is 0 Å². The van der Waals surface area contributed by atoms with Crippen molar-refractivity contribution < 1.29 is 9.66 Å². The molecule has 8 heteroatoms. The fourth-order valence-electron chi connectivity index (χ4n) is 2.45. The minimum Gasteiger partial charge on any atom is -0.356 e. The van der Waals surface area contributed by atoms with Crippen LogP contribution >= 0.6 is 11.6 Å². The summed E-state index contributed by atoms with van der Waals surface area (Å²) in [6, 6.07) is 3.20. The van der Waals surface area contributed by atoms with Crippen LogP contribution in [0.25, 0.3) is 11.3 Å². The van der Waals surface area contributed by atoms with E-state index in [1.165, 1.54) is 6.07 Å². The highest BCUT2D eigenvalue weighted by Crippen LogP contribution is 2.34. The molecule has 1 fully saturated rings. The lowest BCUT2D eigenvalue weighted by Crippen LogP contribution is -2.20. The number of aromatic nitrogens is 3. The Morgan fingerprint density at radius 1 is 1.48 bits per heavy atom. The molecule has 0 radical (unpaired) electrons. The second-order valence-electron chi connectivity index (χ2n) is 4.76. The molecular weight excluding hydrogens is 296 g/mol. The van der Waals surface area contributed by atoms with Crippen molar-refractivity contribution in [1.82, 2.24) is 14.8 Å². The topological polar surface area (TPSA) is 83.1 Å². The number of nitro groups is 1. The second-order valence-corrected chi connectivity index (χ2v) is 5.15. The average Bonchev–Trinajstić information content (AvgIpc) is 2.97.